The number of hydrogen-bond acceptors (Lipinski definition) is 9. The Balaban J connectivity index is 1.54. The Labute approximate surface area is 218 Å². The fourth-order valence-corrected chi connectivity index (χ4v) is 5.87. The summed E-state index contributed by atoms with van der Waals surface area (Å²) in [4.78, 5) is 37.6. The zero-order chi connectivity index (χ0) is 27.3. The number of anilines is 2. The fourth-order valence-electron chi connectivity index (χ4n) is 4.33. The highest BCUT2D eigenvalue weighted by Crippen LogP contribution is 2.29. The van der Waals surface area contributed by atoms with Gasteiger partial charge in [-0.1, -0.05) is 6.42 Å². The standard InChI is InChI=1S/C24H27FN4O8S/c25-17-4-6-20(22(14-17)29(32)33)26-23(30)16-37-24(31)19-15-18(38(34,35)28-8-2-1-3-9-28)5-7-21(19)27-10-12-36-13-11-27/h4-7,14-15H,1-3,8-13,16H2,(H,26,30). The summed E-state index contributed by atoms with van der Waals surface area (Å²) in [5, 5.41) is 13.4. The minimum atomic E-state index is -3.85. The van der Waals surface area contributed by atoms with Crippen molar-refractivity contribution in [1.29, 1.82) is 0 Å². The van der Waals surface area contributed by atoms with Crippen LogP contribution in [0, 0.1) is 15.9 Å². The molecule has 1 N–H and O–H groups in total. The Morgan fingerprint density at radius 3 is 2.45 bits per heavy atom. The Bertz CT molecular complexity index is 1320. The molecule has 1 amide bonds. The molecule has 2 heterocycles. The number of benzene rings is 2. The average Bonchev–Trinajstić information content (AvgIpc) is 2.93. The van der Waals surface area contributed by atoms with E-state index in [9.17, 15) is 32.5 Å². The number of morpholine rings is 1. The third-order valence-corrected chi connectivity index (χ3v) is 8.15. The zero-order valence-corrected chi connectivity index (χ0v) is 21.2. The Hall–Kier alpha value is -3.62. The third kappa shape index (κ3) is 6.26. The van der Waals surface area contributed by atoms with Gasteiger partial charge in [-0.05, 0) is 43.2 Å². The van der Waals surface area contributed by atoms with Gasteiger partial charge in [-0.2, -0.15) is 4.31 Å². The second-order valence-electron chi connectivity index (χ2n) is 8.79. The van der Waals surface area contributed by atoms with Crippen molar-refractivity contribution in [2.75, 3.05) is 56.2 Å². The quantitative estimate of drug-likeness (QED) is 0.297. The number of nitrogens with one attached hydrogen (secondary N) is 1. The predicted molar refractivity (Wildman–Crippen MR) is 134 cm³/mol. The van der Waals surface area contributed by atoms with E-state index >= 15 is 0 Å². The van der Waals surface area contributed by atoms with Crippen molar-refractivity contribution in [3.63, 3.8) is 0 Å². The number of carbonyl (C=O) groups is 2. The van der Waals surface area contributed by atoms with Gasteiger partial charge in [0.25, 0.3) is 11.6 Å². The van der Waals surface area contributed by atoms with Crippen molar-refractivity contribution >= 4 is 39.0 Å². The van der Waals surface area contributed by atoms with Crippen molar-refractivity contribution in [3.05, 3.63) is 57.9 Å². The maximum absolute atomic E-state index is 13.4. The molecule has 14 heteroatoms. The number of hydrogen-bond donors (Lipinski definition) is 1. The number of ether oxygens (including phenoxy) is 2. The van der Waals surface area contributed by atoms with Gasteiger partial charge >= 0.3 is 5.97 Å². The molecule has 0 radical (unpaired) electrons. The summed E-state index contributed by atoms with van der Waals surface area (Å²) < 4.78 is 51.7. The number of rotatable bonds is 8. The van der Waals surface area contributed by atoms with E-state index in [-0.39, 0.29) is 16.1 Å². The van der Waals surface area contributed by atoms with Crippen molar-refractivity contribution in [1.82, 2.24) is 4.31 Å². The highest BCUT2D eigenvalue weighted by molar-refractivity contribution is 7.89. The van der Waals surface area contributed by atoms with E-state index in [4.69, 9.17) is 9.47 Å². The zero-order valence-electron chi connectivity index (χ0n) is 20.4. The molecule has 0 spiro atoms. The lowest BCUT2D eigenvalue weighted by atomic mass is 10.1. The van der Waals surface area contributed by atoms with E-state index in [1.807, 2.05) is 4.90 Å². The number of esters is 1. The van der Waals surface area contributed by atoms with Gasteiger partial charge in [0.05, 0.1) is 40.3 Å². The monoisotopic (exact) mass is 550 g/mol. The summed E-state index contributed by atoms with van der Waals surface area (Å²) in [6, 6.07) is 6.87. The van der Waals surface area contributed by atoms with E-state index in [0.29, 0.717) is 51.1 Å². The molecule has 2 aliphatic heterocycles. The van der Waals surface area contributed by atoms with Gasteiger partial charge in [-0.25, -0.2) is 17.6 Å². The van der Waals surface area contributed by atoms with Gasteiger partial charge in [0, 0.05) is 26.2 Å². The van der Waals surface area contributed by atoms with E-state index < -0.39 is 44.9 Å². The van der Waals surface area contributed by atoms with Crippen molar-refractivity contribution < 1.29 is 36.8 Å². The lowest BCUT2D eigenvalue weighted by Gasteiger charge is -2.31. The van der Waals surface area contributed by atoms with E-state index in [0.717, 1.165) is 31.4 Å². The van der Waals surface area contributed by atoms with Crippen LogP contribution in [0.25, 0.3) is 0 Å². The molecular weight excluding hydrogens is 523 g/mol. The molecule has 2 saturated heterocycles. The molecule has 0 aromatic heterocycles. The first-order valence-corrected chi connectivity index (χ1v) is 13.5. The third-order valence-electron chi connectivity index (χ3n) is 6.26. The molecule has 0 bridgehead atoms. The molecule has 0 aliphatic carbocycles. The number of nitro groups is 1. The van der Waals surface area contributed by atoms with Crippen LogP contribution in [0.1, 0.15) is 29.6 Å². The van der Waals surface area contributed by atoms with Gasteiger partial charge in [-0.15, -0.1) is 0 Å². The molecule has 204 valence electrons. The molecule has 38 heavy (non-hydrogen) atoms. The normalized spacial score (nSPS) is 16.6. The number of nitro benzene ring substituents is 1. The second-order valence-corrected chi connectivity index (χ2v) is 10.7. The highest BCUT2D eigenvalue weighted by atomic mass is 32.2. The molecular formula is C24H27FN4O8S. The topological polar surface area (TPSA) is 148 Å². The lowest BCUT2D eigenvalue weighted by Crippen LogP contribution is -2.38. The van der Waals surface area contributed by atoms with Crippen LogP contribution >= 0.6 is 0 Å². The van der Waals surface area contributed by atoms with E-state index in [1.165, 1.54) is 16.4 Å². The Morgan fingerprint density at radius 2 is 1.76 bits per heavy atom. The molecule has 2 aromatic rings. The first kappa shape index (κ1) is 27.4. The first-order valence-electron chi connectivity index (χ1n) is 12.0. The smallest absolute Gasteiger partial charge is 0.340 e. The van der Waals surface area contributed by atoms with Crippen LogP contribution in [0.2, 0.25) is 0 Å². The number of carbonyl (C=O) groups excluding carboxylic acids is 2. The number of halogens is 1. The molecule has 2 fully saturated rings. The summed E-state index contributed by atoms with van der Waals surface area (Å²) >= 11 is 0. The molecule has 2 aromatic carbocycles. The van der Waals surface area contributed by atoms with Crippen LogP contribution in [-0.4, -0.2) is 75.5 Å². The highest BCUT2D eigenvalue weighted by Gasteiger charge is 2.29. The molecule has 0 atom stereocenters. The average molecular weight is 551 g/mol. The lowest BCUT2D eigenvalue weighted by molar-refractivity contribution is -0.384. The van der Waals surface area contributed by atoms with Crippen LogP contribution in [0.3, 0.4) is 0 Å². The van der Waals surface area contributed by atoms with Crippen LogP contribution in [0.4, 0.5) is 21.5 Å². The van der Waals surface area contributed by atoms with Gasteiger partial charge in [0.2, 0.25) is 10.0 Å². The number of sulfonamides is 1. The molecule has 4 rings (SSSR count). The summed E-state index contributed by atoms with van der Waals surface area (Å²) in [5.74, 6) is -2.68. The van der Waals surface area contributed by atoms with Crippen molar-refractivity contribution in [3.8, 4) is 0 Å². The molecule has 2 aliphatic rings. The minimum Gasteiger partial charge on any atom is -0.452 e. The predicted octanol–water partition coefficient (Wildman–Crippen LogP) is 2.54. The summed E-state index contributed by atoms with van der Waals surface area (Å²) in [7, 11) is -3.85. The van der Waals surface area contributed by atoms with Gasteiger partial charge in [-0.3, -0.25) is 14.9 Å². The van der Waals surface area contributed by atoms with Crippen LogP contribution in [0.15, 0.2) is 41.3 Å². The summed E-state index contributed by atoms with van der Waals surface area (Å²) in [6.45, 7) is 1.74. The fraction of sp³-hybridized carbons (Fsp3) is 0.417. The molecule has 0 unspecified atom stereocenters. The summed E-state index contributed by atoms with van der Waals surface area (Å²) in [5.41, 5.74) is -0.521. The van der Waals surface area contributed by atoms with Gasteiger partial charge in [0.1, 0.15) is 11.5 Å². The molecule has 0 saturated carbocycles. The van der Waals surface area contributed by atoms with Crippen molar-refractivity contribution in [2.45, 2.75) is 24.2 Å². The number of amides is 1. The van der Waals surface area contributed by atoms with Crippen molar-refractivity contribution in [2.24, 2.45) is 0 Å². The SMILES string of the molecule is O=C(COC(=O)c1cc(S(=O)(=O)N2CCCCC2)ccc1N1CCOCC1)Nc1ccc(F)cc1[N+](=O)[O-]. The maximum atomic E-state index is 13.4. The largest absolute Gasteiger partial charge is 0.452 e. The van der Waals surface area contributed by atoms with E-state index in [2.05, 4.69) is 5.32 Å². The maximum Gasteiger partial charge on any atom is 0.340 e. The Kier molecular flexibility index (Phi) is 8.54. The second kappa shape index (κ2) is 11.8. The van der Waals surface area contributed by atoms with Crippen LogP contribution < -0.4 is 10.2 Å². The molecule has 12 nitrogen and oxygen atoms in total. The van der Waals surface area contributed by atoms with Gasteiger partial charge < -0.3 is 19.7 Å². The summed E-state index contributed by atoms with van der Waals surface area (Å²) in [6.07, 6.45) is 2.45. The minimum absolute atomic E-state index is 0.0365. The van der Waals surface area contributed by atoms with E-state index in [1.54, 1.807) is 6.07 Å². The van der Waals surface area contributed by atoms with Crippen LogP contribution in [0.5, 0.6) is 0 Å². The van der Waals surface area contributed by atoms with Gasteiger partial charge in [0.15, 0.2) is 6.61 Å². The number of nitrogens with zero attached hydrogens (tertiary/aromatic N) is 3. The first-order chi connectivity index (χ1) is 18.2. The number of piperidine rings is 1. The Morgan fingerprint density at radius 1 is 1.05 bits per heavy atom. The van der Waals surface area contributed by atoms with Crippen LogP contribution in [-0.2, 0) is 24.3 Å².